The van der Waals surface area contributed by atoms with E-state index in [1.54, 1.807) is 6.92 Å². The highest BCUT2D eigenvalue weighted by Gasteiger charge is 2.35. The minimum Gasteiger partial charge on any atom is -0.321 e. The van der Waals surface area contributed by atoms with E-state index in [2.05, 4.69) is 6.92 Å². The molecule has 1 aromatic carbocycles. The molecular weight excluding hydrogens is 244 g/mol. The fourth-order valence-electron chi connectivity index (χ4n) is 3.21. The Morgan fingerprint density at radius 1 is 1.26 bits per heavy atom. The summed E-state index contributed by atoms with van der Waals surface area (Å²) >= 11 is 0. The summed E-state index contributed by atoms with van der Waals surface area (Å²) in [5, 5.41) is 0. The first-order valence-electron chi connectivity index (χ1n) is 7.22. The molecule has 0 radical (unpaired) electrons. The van der Waals surface area contributed by atoms with Crippen LogP contribution in [0.3, 0.4) is 0 Å². The smallest absolute Gasteiger partial charge is 0.134 e. The van der Waals surface area contributed by atoms with Gasteiger partial charge < -0.3 is 5.73 Å². The lowest BCUT2D eigenvalue weighted by Crippen LogP contribution is -2.38. The van der Waals surface area contributed by atoms with Crippen molar-refractivity contribution >= 4 is 0 Å². The lowest BCUT2D eigenvalue weighted by atomic mass is 9.82. The van der Waals surface area contributed by atoms with Gasteiger partial charge in [-0.1, -0.05) is 32.3 Å². The van der Waals surface area contributed by atoms with E-state index in [1.807, 2.05) is 0 Å². The van der Waals surface area contributed by atoms with Gasteiger partial charge in [-0.05, 0) is 43.7 Å². The second kappa shape index (κ2) is 5.58. The third kappa shape index (κ3) is 2.81. The fourth-order valence-corrected chi connectivity index (χ4v) is 3.21. The maximum Gasteiger partial charge on any atom is 0.134 e. The van der Waals surface area contributed by atoms with Gasteiger partial charge in [0, 0.05) is 11.1 Å². The van der Waals surface area contributed by atoms with Gasteiger partial charge in [0.15, 0.2) is 0 Å². The molecule has 0 saturated heterocycles. The Bertz CT molecular complexity index is 458. The molecule has 0 amide bonds. The Morgan fingerprint density at radius 2 is 2.00 bits per heavy atom. The van der Waals surface area contributed by atoms with Crippen molar-refractivity contribution < 1.29 is 8.78 Å². The molecular formula is C16H23F2N. The van der Waals surface area contributed by atoms with Gasteiger partial charge >= 0.3 is 0 Å². The molecule has 2 N–H and O–H groups in total. The average Bonchev–Trinajstić information content (AvgIpc) is 2.57. The zero-order valence-electron chi connectivity index (χ0n) is 11.8. The predicted octanol–water partition coefficient (Wildman–Crippen LogP) is 4.42. The third-order valence-corrected chi connectivity index (χ3v) is 4.59. The van der Waals surface area contributed by atoms with E-state index in [9.17, 15) is 8.78 Å². The zero-order valence-corrected chi connectivity index (χ0v) is 11.8. The van der Waals surface area contributed by atoms with E-state index in [4.69, 9.17) is 5.73 Å². The van der Waals surface area contributed by atoms with Crippen molar-refractivity contribution in [2.24, 2.45) is 11.7 Å². The third-order valence-electron chi connectivity index (χ3n) is 4.59. The molecule has 2 rings (SSSR count). The second-order valence-electron chi connectivity index (χ2n) is 5.91. The molecule has 0 heterocycles. The first-order chi connectivity index (χ1) is 8.98. The molecule has 2 unspecified atom stereocenters. The average molecular weight is 267 g/mol. The number of halogens is 2. The largest absolute Gasteiger partial charge is 0.321 e. The number of nitrogens with two attached hydrogens (primary N) is 1. The molecule has 0 aromatic heterocycles. The van der Waals surface area contributed by atoms with Gasteiger partial charge in [0.1, 0.15) is 11.6 Å². The molecule has 1 fully saturated rings. The van der Waals surface area contributed by atoms with Crippen LogP contribution in [0.4, 0.5) is 8.78 Å². The number of hydrogen-bond acceptors (Lipinski definition) is 1. The molecule has 2 atom stereocenters. The highest BCUT2D eigenvalue weighted by Crippen LogP contribution is 2.39. The molecule has 1 saturated carbocycles. The standard InChI is InChI=1S/C16H23F2N/c1-3-12-5-4-9-16(19,10-8-12)14-13(17)7-6-11(2)15(14)18/h6-7,12H,3-5,8-10,19H2,1-2H3. The number of rotatable bonds is 2. The van der Waals surface area contributed by atoms with Crippen LogP contribution in [-0.2, 0) is 5.54 Å². The molecule has 1 aliphatic carbocycles. The van der Waals surface area contributed by atoms with Crippen LogP contribution in [0.25, 0.3) is 0 Å². The molecule has 3 heteroatoms. The topological polar surface area (TPSA) is 26.0 Å². The number of hydrogen-bond donors (Lipinski definition) is 1. The SMILES string of the molecule is CCC1CCCC(N)(c2c(F)ccc(C)c2F)CC1. The Hall–Kier alpha value is -0.960. The van der Waals surface area contributed by atoms with Crippen LogP contribution in [0.5, 0.6) is 0 Å². The molecule has 106 valence electrons. The van der Waals surface area contributed by atoms with Crippen molar-refractivity contribution in [1.82, 2.24) is 0 Å². The van der Waals surface area contributed by atoms with Crippen LogP contribution in [0, 0.1) is 24.5 Å². The van der Waals surface area contributed by atoms with E-state index >= 15 is 0 Å². The Balaban J connectivity index is 2.37. The lowest BCUT2D eigenvalue weighted by molar-refractivity contribution is 0.341. The molecule has 1 nitrogen and oxygen atoms in total. The number of benzene rings is 1. The molecule has 19 heavy (non-hydrogen) atoms. The number of aryl methyl sites for hydroxylation is 1. The molecule has 0 aliphatic heterocycles. The van der Waals surface area contributed by atoms with Crippen LogP contribution in [0.15, 0.2) is 12.1 Å². The summed E-state index contributed by atoms with van der Waals surface area (Å²) in [5.74, 6) is -0.320. The van der Waals surface area contributed by atoms with Crippen molar-refractivity contribution in [1.29, 1.82) is 0 Å². The van der Waals surface area contributed by atoms with Crippen molar-refractivity contribution in [3.05, 3.63) is 34.9 Å². The van der Waals surface area contributed by atoms with Gasteiger partial charge in [0.05, 0.1) is 0 Å². The molecule has 1 aliphatic rings. The highest BCUT2D eigenvalue weighted by atomic mass is 19.1. The molecule has 1 aromatic rings. The fraction of sp³-hybridized carbons (Fsp3) is 0.625. The van der Waals surface area contributed by atoms with Crippen LogP contribution in [-0.4, -0.2) is 0 Å². The lowest BCUT2D eigenvalue weighted by Gasteiger charge is -2.30. The van der Waals surface area contributed by atoms with Gasteiger partial charge in [0.2, 0.25) is 0 Å². The summed E-state index contributed by atoms with van der Waals surface area (Å²) in [6, 6.07) is 2.81. The normalized spacial score (nSPS) is 28.2. The van der Waals surface area contributed by atoms with E-state index in [0.717, 1.165) is 25.7 Å². The van der Waals surface area contributed by atoms with Gasteiger partial charge in [-0.3, -0.25) is 0 Å². The van der Waals surface area contributed by atoms with Crippen LogP contribution in [0.2, 0.25) is 0 Å². The summed E-state index contributed by atoms with van der Waals surface area (Å²) in [5.41, 5.74) is 6.12. The maximum atomic E-state index is 14.3. The monoisotopic (exact) mass is 267 g/mol. The van der Waals surface area contributed by atoms with E-state index in [-0.39, 0.29) is 5.56 Å². The first-order valence-corrected chi connectivity index (χ1v) is 7.22. The summed E-state index contributed by atoms with van der Waals surface area (Å²) in [6.45, 7) is 3.83. The minimum atomic E-state index is -0.843. The highest BCUT2D eigenvalue weighted by molar-refractivity contribution is 5.32. The van der Waals surface area contributed by atoms with Crippen molar-refractivity contribution in [2.45, 2.75) is 57.9 Å². The molecule has 0 spiro atoms. The van der Waals surface area contributed by atoms with Gasteiger partial charge in [-0.25, -0.2) is 8.78 Å². The summed E-state index contributed by atoms with van der Waals surface area (Å²) in [7, 11) is 0. The van der Waals surface area contributed by atoms with Gasteiger partial charge in [-0.15, -0.1) is 0 Å². The van der Waals surface area contributed by atoms with Gasteiger partial charge in [-0.2, -0.15) is 0 Å². The quantitative estimate of drug-likeness (QED) is 0.789. The van der Waals surface area contributed by atoms with Crippen molar-refractivity contribution in [3.63, 3.8) is 0 Å². The van der Waals surface area contributed by atoms with Crippen molar-refractivity contribution in [2.75, 3.05) is 0 Å². The Morgan fingerprint density at radius 3 is 2.68 bits per heavy atom. The minimum absolute atomic E-state index is 0.101. The Kier molecular flexibility index (Phi) is 4.24. The molecule has 0 bridgehead atoms. The van der Waals surface area contributed by atoms with Crippen LogP contribution >= 0.6 is 0 Å². The zero-order chi connectivity index (χ0) is 14.0. The maximum absolute atomic E-state index is 14.3. The predicted molar refractivity (Wildman–Crippen MR) is 73.8 cm³/mol. The summed E-state index contributed by atoms with van der Waals surface area (Å²) in [4.78, 5) is 0. The van der Waals surface area contributed by atoms with Crippen molar-refractivity contribution in [3.8, 4) is 0 Å². The van der Waals surface area contributed by atoms with E-state index in [1.165, 1.54) is 12.1 Å². The van der Waals surface area contributed by atoms with E-state index < -0.39 is 17.2 Å². The van der Waals surface area contributed by atoms with E-state index in [0.29, 0.717) is 24.3 Å². The second-order valence-corrected chi connectivity index (χ2v) is 5.91. The van der Waals surface area contributed by atoms with Crippen LogP contribution in [0.1, 0.15) is 56.6 Å². The summed E-state index contributed by atoms with van der Waals surface area (Å²) < 4.78 is 28.3. The Labute approximate surface area is 114 Å². The van der Waals surface area contributed by atoms with Gasteiger partial charge in [0.25, 0.3) is 0 Å². The summed E-state index contributed by atoms with van der Waals surface area (Å²) in [6.07, 6.45) is 5.48. The van der Waals surface area contributed by atoms with Crippen LogP contribution < -0.4 is 5.73 Å². The first kappa shape index (κ1) is 14.4.